The molecule has 0 spiro atoms. The summed E-state index contributed by atoms with van der Waals surface area (Å²) in [4.78, 5) is 10.5. The van der Waals surface area contributed by atoms with Crippen molar-refractivity contribution in [2.45, 2.75) is 30.6 Å². The minimum absolute atomic E-state index is 0.0208. The van der Waals surface area contributed by atoms with Crippen molar-refractivity contribution in [1.29, 1.82) is 0 Å². The Morgan fingerprint density at radius 3 is 2.27 bits per heavy atom. The number of rotatable bonds is 9. The van der Waals surface area contributed by atoms with E-state index in [4.69, 9.17) is 9.52 Å². The fourth-order valence-electron chi connectivity index (χ4n) is 3.33. The molecule has 0 aliphatic rings. The Morgan fingerprint density at radius 1 is 1.00 bits per heavy atom. The van der Waals surface area contributed by atoms with Gasteiger partial charge in [-0.2, -0.15) is 26.3 Å². The van der Waals surface area contributed by atoms with Crippen LogP contribution in [0.3, 0.4) is 0 Å². The number of halogens is 6. The molecule has 0 radical (unpaired) electrons. The highest BCUT2D eigenvalue weighted by Crippen LogP contribution is 2.40. The summed E-state index contributed by atoms with van der Waals surface area (Å²) in [5, 5.41) is 8.66. The lowest BCUT2D eigenvalue weighted by Crippen LogP contribution is -2.26. The first-order valence-electron chi connectivity index (χ1n) is 10.4. The number of benzene rings is 2. The van der Waals surface area contributed by atoms with Crippen LogP contribution in [0.1, 0.15) is 17.5 Å². The fourth-order valence-corrected chi connectivity index (χ4v) is 4.59. The topological polar surface area (TPSA) is 106 Å². The first-order chi connectivity index (χ1) is 17.1. The van der Waals surface area contributed by atoms with E-state index in [2.05, 4.69) is 9.46 Å². The molecule has 7 nitrogen and oxygen atoms in total. The third-order valence-electron chi connectivity index (χ3n) is 4.99. The minimum atomic E-state index is -5.00. The van der Waals surface area contributed by atoms with Crippen molar-refractivity contribution in [3.8, 4) is 28.2 Å². The molecule has 0 saturated carbocycles. The summed E-state index contributed by atoms with van der Waals surface area (Å²) in [5.74, 6) is -2.17. The van der Waals surface area contributed by atoms with Gasteiger partial charge in [-0.3, -0.25) is 4.79 Å². The quantitative estimate of drug-likeness (QED) is 0.334. The second-order valence-electron chi connectivity index (χ2n) is 7.83. The molecule has 0 saturated heterocycles. The number of aryl methyl sites for hydroxylation is 1. The number of aliphatic carboxylic acids is 1. The fraction of sp³-hybridized carbons (Fsp3) is 0.261. The standard InChI is InChI=1S/C23H19F6NO6S/c1-13-8-14(3-5-20(13)37(33,34)30-7-6-21(31)32)16-10-19(35-11-16)15-2-4-18(36-12-22(24,25)26)17(9-15)23(27,28)29/h2-5,8-11,30H,6-7,12H2,1H3,(H,31,32). The van der Waals surface area contributed by atoms with Crippen LogP contribution < -0.4 is 9.46 Å². The average Bonchev–Trinajstić information content (AvgIpc) is 3.26. The molecular weight excluding hydrogens is 532 g/mol. The van der Waals surface area contributed by atoms with E-state index in [1.165, 1.54) is 37.5 Å². The van der Waals surface area contributed by atoms with Gasteiger partial charge in [-0.15, -0.1) is 0 Å². The lowest BCUT2D eigenvalue weighted by atomic mass is 10.0. The van der Waals surface area contributed by atoms with Crippen molar-refractivity contribution in [1.82, 2.24) is 4.72 Å². The SMILES string of the molecule is Cc1cc(-c2coc(-c3ccc(OCC(F)(F)F)c(C(F)(F)F)c3)c2)ccc1S(=O)(=O)NCCC(=O)O. The van der Waals surface area contributed by atoms with Crippen molar-refractivity contribution in [2.24, 2.45) is 0 Å². The zero-order valence-electron chi connectivity index (χ0n) is 18.9. The van der Waals surface area contributed by atoms with Gasteiger partial charge in [0, 0.05) is 17.7 Å². The van der Waals surface area contributed by atoms with Gasteiger partial charge in [0.15, 0.2) is 6.61 Å². The van der Waals surface area contributed by atoms with Crippen LogP contribution in [0.25, 0.3) is 22.5 Å². The van der Waals surface area contributed by atoms with Gasteiger partial charge in [-0.25, -0.2) is 13.1 Å². The molecule has 0 fully saturated rings. The summed E-state index contributed by atoms with van der Waals surface area (Å²) in [6.07, 6.45) is -8.99. The second kappa shape index (κ2) is 10.5. The van der Waals surface area contributed by atoms with Crippen LogP contribution in [-0.2, 0) is 21.0 Å². The smallest absolute Gasteiger partial charge is 0.422 e. The van der Waals surface area contributed by atoms with Gasteiger partial charge in [0.2, 0.25) is 10.0 Å². The van der Waals surface area contributed by atoms with Gasteiger partial charge in [0.1, 0.15) is 11.5 Å². The van der Waals surface area contributed by atoms with E-state index in [1.807, 2.05) is 0 Å². The summed E-state index contributed by atoms with van der Waals surface area (Å²) < 4.78 is 114. The van der Waals surface area contributed by atoms with Crippen LogP contribution in [0.15, 0.2) is 58.0 Å². The van der Waals surface area contributed by atoms with E-state index < -0.39 is 52.7 Å². The number of ether oxygens (including phenoxy) is 1. The molecular formula is C23H19F6NO6S. The van der Waals surface area contributed by atoms with E-state index >= 15 is 0 Å². The van der Waals surface area contributed by atoms with Crippen LogP contribution in [-0.4, -0.2) is 38.8 Å². The average molecular weight is 551 g/mol. The van der Waals surface area contributed by atoms with Crippen LogP contribution in [0, 0.1) is 6.92 Å². The highest BCUT2D eigenvalue weighted by molar-refractivity contribution is 7.89. The van der Waals surface area contributed by atoms with Gasteiger partial charge in [0.25, 0.3) is 0 Å². The molecule has 200 valence electrons. The van der Waals surface area contributed by atoms with E-state index in [0.717, 1.165) is 12.1 Å². The van der Waals surface area contributed by atoms with Crippen molar-refractivity contribution >= 4 is 16.0 Å². The molecule has 14 heteroatoms. The number of furan rings is 1. The molecule has 0 unspecified atom stereocenters. The molecule has 0 aliphatic heterocycles. The predicted molar refractivity (Wildman–Crippen MR) is 118 cm³/mol. The number of nitrogens with one attached hydrogen (secondary N) is 1. The van der Waals surface area contributed by atoms with E-state index in [1.54, 1.807) is 0 Å². The van der Waals surface area contributed by atoms with Crippen LogP contribution >= 0.6 is 0 Å². The number of carbonyl (C=O) groups is 1. The first-order valence-corrected chi connectivity index (χ1v) is 11.9. The monoisotopic (exact) mass is 551 g/mol. The van der Waals surface area contributed by atoms with Gasteiger partial charge in [-0.1, -0.05) is 6.07 Å². The number of hydrogen-bond acceptors (Lipinski definition) is 5. The Bertz CT molecular complexity index is 1400. The van der Waals surface area contributed by atoms with Gasteiger partial charge in [-0.05, 0) is 54.4 Å². The molecule has 0 atom stereocenters. The maximum atomic E-state index is 13.5. The molecule has 37 heavy (non-hydrogen) atoms. The molecule has 3 aromatic rings. The zero-order chi connectivity index (χ0) is 27.6. The molecule has 2 aromatic carbocycles. The summed E-state index contributed by atoms with van der Waals surface area (Å²) in [6, 6.07) is 8.10. The highest BCUT2D eigenvalue weighted by Gasteiger charge is 2.37. The van der Waals surface area contributed by atoms with Gasteiger partial charge in [0.05, 0.1) is 23.1 Å². The van der Waals surface area contributed by atoms with Crippen molar-refractivity contribution in [3.05, 3.63) is 59.9 Å². The Balaban J connectivity index is 1.87. The molecule has 0 aliphatic carbocycles. The van der Waals surface area contributed by atoms with Crippen molar-refractivity contribution in [3.63, 3.8) is 0 Å². The highest BCUT2D eigenvalue weighted by atomic mass is 32.2. The summed E-state index contributed by atoms with van der Waals surface area (Å²) in [5.41, 5.74) is -0.303. The summed E-state index contributed by atoms with van der Waals surface area (Å²) in [6.45, 7) is -0.685. The molecule has 3 rings (SSSR count). The summed E-state index contributed by atoms with van der Waals surface area (Å²) in [7, 11) is -3.99. The summed E-state index contributed by atoms with van der Waals surface area (Å²) >= 11 is 0. The number of carboxylic acids is 1. The number of sulfonamides is 1. The maximum Gasteiger partial charge on any atom is 0.422 e. The van der Waals surface area contributed by atoms with Crippen molar-refractivity contribution in [2.75, 3.05) is 13.2 Å². The Kier molecular flexibility index (Phi) is 7.93. The van der Waals surface area contributed by atoms with Gasteiger partial charge < -0.3 is 14.3 Å². The normalized spacial score (nSPS) is 12.5. The number of hydrogen-bond donors (Lipinski definition) is 2. The Labute approximate surface area is 206 Å². The third kappa shape index (κ3) is 7.26. The number of carboxylic acid groups (broad SMARTS) is 1. The maximum absolute atomic E-state index is 13.5. The van der Waals surface area contributed by atoms with E-state index in [9.17, 15) is 39.6 Å². The predicted octanol–water partition coefficient (Wildman–Crippen LogP) is 5.63. The molecule has 2 N–H and O–H groups in total. The first kappa shape index (κ1) is 28.1. The second-order valence-corrected chi connectivity index (χ2v) is 9.57. The van der Waals surface area contributed by atoms with E-state index in [-0.39, 0.29) is 22.8 Å². The van der Waals surface area contributed by atoms with Crippen LogP contribution in [0.2, 0.25) is 0 Å². The lowest BCUT2D eigenvalue weighted by Gasteiger charge is -2.16. The van der Waals surface area contributed by atoms with Crippen molar-refractivity contribution < 1.29 is 53.8 Å². The molecule has 0 amide bonds. The minimum Gasteiger partial charge on any atom is -0.483 e. The van der Waals surface area contributed by atoms with Gasteiger partial charge >= 0.3 is 18.3 Å². The van der Waals surface area contributed by atoms with Crippen LogP contribution in [0.4, 0.5) is 26.3 Å². The Morgan fingerprint density at radius 2 is 1.68 bits per heavy atom. The van der Waals surface area contributed by atoms with Crippen LogP contribution in [0.5, 0.6) is 5.75 Å². The Hall–Kier alpha value is -3.52. The molecule has 0 bridgehead atoms. The number of alkyl halides is 6. The molecule has 1 heterocycles. The third-order valence-corrected chi connectivity index (χ3v) is 6.61. The largest absolute Gasteiger partial charge is 0.483 e. The zero-order valence-corrected chi connectivity index (χ0v) is 19.7. The lowest BCUT2D eigenvalue weighted by molar-refractivity contribution is -0.158. The molecule has 1 aromatic heterocycles. The van der Waals surface area contributed by atoms with E-state index in [0.29, 0.717) is 22.8 Å².